The van der Waals surface area contributed by atoms with E-state index in [0.717, 1.165) is 40.7 Å². The molecule has 0 aliphatic heterocycles. The molecule has 0 spiro atoms. The van der Waals surface area contributed by atoms with Gasteiger partial charge >= 0.3 is 0 Å². The van der Waals surface area contributed by atoms with Crippen LogP contribution in [-0.2, 0) is 19.4 Å². The Morgan fingerprint density at radius 1 is 1.04 bits per heavy atom. The number of ether oxygens (including phenoxy) is 1. The second kappa shape index (κ2) is 8.30. The summed E-state index contributed by atoms with van der Waals surface area (Å²) in [4.78, 5) is 13.4. The molecular formula is C23H26N2O3. The Morgan fingerprint density at radius 2 is 1.64 bits per heavy atom. The number of rotatable bonds is 6. The van der Waals surface area contributed by atoms with E-state index in [9.17, 15) is 9.90 Å². The number of aryl methyl sites for hydroxylation is 3. The molecule has 0 radical (unpaired) electrons. The first kappa shape index (κ1) is 19.7. The zero-order valence-electron chi connectivity index (χ0n) is 16.8. The number of aromatic hydroxyl groups is 1. The largest absolute Gasteiger partial charge is 0.502 e. The van der Waals surface area contributed by atoms with Gasteiger partial charge in [0.05, 0.1) is 19.2 Å². The van der Waals surface area contributed by atoms with Crippen molar-refractivity contribution >= 4 is 0 Å². The highest BCUT2D eigenvalue weighted by Crippen LogP contribution is 2.37. The maximum absolute atomic E-state index is 13.4. The lowest BCUT2D eigenvalue weighted by atomic mass is 9.90. The van der Waals surface area contributed by atoms with Gasteiger partial charge in [0.15, 0.2) is 5.75 Å². The van der Waals surface area contributed by atoms with Crippen LogP contribution in [0.1, 0.15) is 36.1 Å². The summed E-state index contributed by atoms with van der Waals surface area (Å²) >= 11 is 0. The van der Waals surface area contributed by atoms with Crippen molar-refractivity contribution in [1.29, 1.82) is 0 Å². The van der Waals surface area contributed by atoms with E-state index in [1.807, 2.05) is 37.3 Å². The molecule has 28 heavy (non-hydrogen) atoms. The predicted molar refractivity (Wildman–Crippen MR) is 111 cm³/mol. The molecule has 3 aromatic rings. The first-order chi connectivity index (χ1) is 13.5. The van der Waals surface area contributed by atoms with Gasteiger partial charge in [-0.2, -0.15) is 0 Å². The summed E-state index contributed by atoms with van der Waals surface area (Å²) in [5.74, 6) is -0.153. The number of hydrogen-bond donors (Lipinski definition) is 1. The molecule has 5 heteroatoms. The molecule has 0 aliphatic rings. The Morgan fingerprint density at radius 3 is 2.18 bits per heavy atom. The number of methoxy groups -OCH3 is 1. The first-order valence-electron chi connectivity index (χ1n) is 9.54. The van der Waals surface area contributed by atoms with Crippen LogP contribution in [0, 0.1) is 6.92 Å². The van der Waals surface area contributed by atoms with Gasteiger partial charge in [0.2, 0.25) is 0 Å². The predicted octanol–water partition coefficient (Wildman–Crippen LogP) is 4.11. The summed E-state index contributed by atoms with van der Waals surface area (Å²) in [6, 6.07) is 13.8. The van der Waals surface area contributed by atoms with Crippen LogP contribution in [0.3, 0.4) is 0 Å². The zero-order valence-corrected chi connectivity index (χ0v) is 16.8. The molecular weight excluding hydrogens is 352 g/mol. The van der Waals surface area contributed by atoms with E-state index in [1.165, 1.54) is 11.8 Å². The van der Waals surface area contributed by atoms with E-state index >= 15 is 0 Å². The van der Waals surface area contributed by atoms with Gasteiger partial charge in [-0.05, 0) is 42.0 Å². The van der Waals surface area contributed by atoms with Crippen LogP contribution >= 0.6 is 0 Å². The molecule has 5 nitrogen and oxygen atoms in total. The number of benzene rings is 2. The fourth-order valence-electron chi connectivity index (χ4n) is 3.59. The van der Waals surface area contributed by atoms with Crippen LogP contribution < -0.4 is 10.3 Å². The van der Waals surface area contributed by atoms with Gasteiger partial charge in [0.25, 0.3) is 11.4 Å². The minimum absolute atomic E-state index is 0.0511. The number of aromatic nitrogens is 2. The molecule has 1 heterocycles. The maximum Gasteiger partial charge on any atom is 0.279 e. The topological polar surface area (TPSA) is 64.3 Å². The van der Waals surface area contributed by atoms with Gasteiger partial charge in [-0.3, -0.25) is 4.79 Å². The van der Waals surface area contributed by atoms with Crippen molar-refractivity contribution in [2.45, 2.75) is 40.2 Å². The Hall–Kier alpha value is -3.08. The van der Waals surface area contributed by atoms with Crippen molar-refractivity contribution in [3.8, 4) is 22.8 Å². The monoisotopic (exact) mass is 378 g/mol. The molecule has 0 aliphatic carbocycles. The third-order valence-corrected chi connectivity index (χ3v) is 4.93. The average molecular weight is 378 g/mol. The smallest absolute Gasteiger partial charge is 0.279 e. The second-order valence-corrected chi connectivity index (χ2v) is 6.85. The summed E-state index contributed by atoms with van der Waals surface area (Å²) in [7, 11) is 1.44. The van der Waals surface area contributed by atoms with Gasteiger partial charge in [-0.25, -0.2) is 4.68 Å². The Labute approximate surface area is 165 Å². The Balaban J connectivity index is 2.30. The summed E-state index contributed by atoms with van der Waals surface area (Å²) in [5, 5.41) is 15.1. The van der Waals surface area contributed by atoms with E-state index in [0.29, 0.717) is 6.54 Å². The van der Waals surface area contributed by atoms with E-state index in [2.05, 4.69) is 31.1 Å². The van der Waals surface area contributed by atoms with Gasteiger partial charge in [-0.15, -0.1) is 5.10 Å². The average Bonchev–Trinajstić information content (AvgIpc) is 2.71. The lowest BCUT2D eigenvalue weighted by molar-refractivity contribution is 0.342. The molecule has 0 amide bonds. The van der Waals surface area contributed by atoms with Crippen LogP contribution in [-0.4, -0.2) is 22.0 Å². The van der Waals surface area contributed by atoms with Crippen molar-refractivity contribution in [2.75, 3.05) is 7.11 Å². The molecule has 1 N–H and O–H groups in total. The van der Waals surface area contributed by atoms with Crippen molar-refractivity contribution in [3.63, 3.8) is 0 Å². The summed E-state index contributed by atoms with van der Waals surface area (Å²) in [5.41, 5.74) is 4.88. The zero-order chi connectivity index (χ0) is 20.3. The molecule has 3 rings (SSSR count). The van der Waals surface area contributed by atoms with E-state index in [1.54, 1.807) is 0 Å². The summed E-state index contributed by atoms with van der Waals surface area (Å²) in [6.07, 6.45) is 1.51. The Kier molecular flexibility index (Phi) is 5.83. The molecule has 0 atom stereocenters. The highest BCUT2D eigenvalue weighted by molar-refractivity contribution is 5.77. The highest BCUT2D eigenvalue weighted by atomic mass is 16.5. The Bertz CT molecular complexity index is 1010. The van der Waals surface area contributed by atoms with Crippen molar-refractivity contribution < 1.29 is 9.84 Å². The molecule has 0 fully saturated rings. The van der Waals surface area contributed by atoms with Gasteiger partial charge < -0.3 is 9.84 Å². The van der Waals surface area contributed by atoms with Crippen LogP contribution in [0.25, 0.3) is 11.1 Å². The molecule has 0 saturated carbocycles. The van der Waals surface area contributed by atoms with Crippen LogP contribution in [0.4, 0.5) is 0 Å². The fourth-order valence-corrected chi connectivity index (χ4v) is 3.59. The quantitative estimate of drug-likeness (QED) is 0.701. The van der Waals surface area contributed by atoms with Crippen LogP contribution in [0.2, 0.25) is 0 Å². The summed E-state index contributed by atoms with van der Waals surface area (Å²) < 4.78 is 6.65. The lowest BCUT2D eigenvalue weighted by Crippen LogP contribution is -2.26. The third kappa shape index (κ3) is 3.65. The van der Waals surface area contributed by atoms with Crippen LogP contribution in [0.15, 0.2) is 47.3 Å². The van der Waals surface area contributed by atoms with Crippen molar-refractivity contribution in [2.24, 2.45) is 0 Å². The second-order valence-electron chi connectivity index (χ2n) is 6.85. The number of hydrogen-bond acceptors (Lipinski definition) is 4. The van der Waals surface area contributed by atoms with Gasteiger partial charge in [-0.1, -0.05) is 61.9 Å². The van der Waals surface area contributed by atoms with E-state index < -0.39 is 0 Å². The molecule has 146 valence electrons. The molecule has 0 bridgehead atoms. The SMILES string of the molecule is CCc1cc(C)cc(CC)c1-c1c(O)c(OC)nn(Cc2ccccc2)c1=O. The van der Waals surface area contributed by atoms with E-state index in [4.69, 9.17) is 4.74 Å². The van der Waals surface area contributed by atoms with Gasteiger partial charge in [0, 0.05) is 0 Å². The molecule has 0 saturated heterocycles. The normalized spacial score (nSPS) is 10.9. The van der Waals surface area contributed by atoms with Crippen LogP contribution in [0.5, 0.6) is 11.6 Å². The highest BCUT2D eigenvalue weighted by Gasteiger charge is 2.23. The third-order valence-electron chi connectivity index (χ3n) is 4.93. The first-order valence-corrected chi connectivity index (χ1v) is 9.54. The standard InChI is InChI=1S/C23H26N2O3/c1-5-17-12-15(3)13-18(6-2)19(17)20-21(26)22(28-4)24-25(23(20)27)14-16-10-8-7-9-11-16/h7-13,26H,5-6,14H2,1-4H3. The van der Waals surface area contributed by atoms with Gasteiger partial charge in [0.1, 0.15) is 0 Å². The van der Waals surface area contributed by atoms with Crippen molar-refractivity contribution in [3.05, 3.63) is 75.1 Å². The number of nitrogens with zero attached hydrogens (tertiary/aromatic N) is 2. The maximum atomic E-state index is 13.4. The lowest BCUT2D eigenvalue weighted by Gasteiger charge is -2.18. The van der Waals surface area contributed by atoms with E-state index in [-0.39, 0.29) is 22.8 Å². The molecule has 1 aromatic heterocycles. The molecule has 0 unspecified atom stereocenters. The fraction of sp³-hybridized carbons (Fsp3) is 0.304. The van der Waals surface area contributed by atoms with Crippen molar-refractivity contribution in [1.82, 2.24) is 9.78 Å². The summed E-state index contributed by atoms with van der Waals surface area (Å²) in [6.45, 7) is 6.45. The molecule has 2 aromatic carbocycles. The minimum Gasteiger partial charge on any atom is -0.502 e. The minimum atomic E-state index is -0.324.